The third-order valence-corrected chi connectivity index (χ3v) is 3.02. The molecule has 3 rings (SSSR count). The van der Waals surface area contributed by atoms with E-state index in [0.717, 1.165) is 0 Å². The standard InChI is InChI=1S/C13H10ClN3O2/c14-9-2-3-10-11(6-9)16-17(15-10)12-5-8(7-18)1-4-13(12)19/h1-6,18-19H,7H2. The maximum Gasteiger partial charge on any atom is 0.143 e. The fourth-order valence-corrected chi connectivity index (χ4v) is 1.99. The van der Waals surface area contributed by atoms with Crippen LogP contribution < -0.4 is 0 Å². The summed E-state index contributed by atoms with van der Waals surface area (Å²) in [4.78, 5) is 1.33. The van der Waals surface area contributed by atoms with Gasteiger partial charge in [0.1, 0.15) is 22.5 Å². The first-order chi connectivity index (χ1) is 9.17. The molecule has 1 aromatic heterocycles. The lowest BCUT2D eigenvalue weighted by Gasteiger charge is -2.04. The van der Waals surface area contributed by atoms with Gasteiger partial charge in [0.05, 0.1) is 6.61 Å². The molecule has 0 atom stereocenters. The molecule has 0 saturated heterocycles. The molecule has 96 valence electrons. The minimum absolute atomic E-state index is 0.0450. The van der Waals surface area contributed by atoms with Crippen molar-refractivity contribution in [2.24, 2.45) is 0 Å². The molecule has 6 heteroatoms. The van der Waals surface area contributed by atoms with Gasteiger partial charge in [0.15, 0.2) is 0 Å². The first kappa shape index (κ1) is 12.0. The number of aliphatic hydroxyl groups excluding tert-OH is 1. The number of nitrogens with zero attached hydrogens (tertiary/aromatic N) is 3. The van der Waals surface area contributed by atoms with Crippen molar-refractivity contribution in [3.8, 4) is 11.4 Å². The van der Waals surface area contributed by atoms with E-state index in [0.29, 0.717) is 27.3 Å². The number of phenolic OH excluding ortho intramolecular Hbond substituents is 1. The molecule has 0 unspecified atom stereocenters. The Morgan fingerprint density at radius 1 is 1.05 bits per heavy atom. The van der Waals surface area contributed by atoms with Crippen molar-refractivity contribution in [1.29, 1.82) is 0 Å². The highest BCUT2D eigenvalue weighted by Gasteiger charge is 2.09. The number of aromatic hydroxyl groups is 1. The Morgan fingerprint density at radius 3 is 2.63 bits per heavy atom. The molecular weight excluding hydrogens is 266 g/mol. The van der Waals surface area contributed by atoms with Crippen LogP contribution in [0.25, 0.3) is 16.7 Å². The molecular formula is C13H10ClN3O2. The average Bonchev–Trinajstić information content (AvgIpc) is 2.82. The third-order valence-electron chi connectivity index (χ3n) is 2.78. The van der Waals surface area contributed by atoms with E-state index >= 15 is 0 Å². The summed E-state index contributed by atoms with van der Waals surface area (Å²) in [5.41, 5.74) is 2.41. The summed E-state index contributed by atoms with van der Waals surface area (Å²) < 4.78 is 0. The van der Waals surface area contributed by atoms with Crippen LogP contribution in [0.4, 0.5) is 0 Å². The van der Waals surface area contributed by atoms with E-state index < -0.39 is 0 Å². The zero-order chi connectivity index (χ0) is 13.4. The van der Waals surface area contributed by atoms with Crippen LogP contribution in [0.1, 0.15) is 5.56 Å². The molecule has 3 aromatic rings. The maximum atomic E-state index is 9.86. The zero-order valence-electron chi connectivity index (χ0n) is 9.79. The predicted octanol–water partition coefficient (Wildman–Crippen LogP) is 2.27. The monoisotopic (exact) mass is 275 g/mol. The molecule has 0 aliphatic heterocycles. The topological polar surface area (TPSA) is 71.2 Å². The summed E-state index contributed by atoms with van der Waals surface area (Å²) >= 11 is 5.89. The SMILES string of the molecule is OCc1ccc(O)c(-n2nc3ccc(Cl)cc3n2)c1. The smallest absolute Gasteiger partial charge is 0.143 e. The summed E-state index contributed by atoms with van der Waals surface area (Å²) in [6, 6.07) is 9.96. The van der Waals surface area contributed by atoms with Crippen molar-refractivity contribution in [2.75, 3.05) is 0 Å². The predicted molar refractivity (Wildman–Crippen MR) is 71.5 cm³/mol. The van der Waals surface area contributed by atoms with Gasteiger partial charge in [-0.1, -0.05) is 17.7 Å². The molecule has 1 heterocycles. The molecule has 0 radical (unpaired) electrons. The Balaban J connectivity index is 2.18. The lowest BCUT2D eigenvalue weighted by Crippen LogP contribution is -2.00. The number of fused-ring (bicyclic) bond motifs is 1. The van der Waals surface area contributed by atoms with Crippen molar-refractivity contribution in [3.63, 3.8) is 0 Å². The van der Waals surface area contributed by atoms with Gasteiger partial charge in [-0.3, -0.25) is 0 Å². The molecule has 0 saturated carbocycles. The number of aromatic nitrogens is 3. The Morgan fingerprint density at radius 2 is 1.84 bits per heavy atom. The van der Waals surface area contributed by atoms with Gasteiger partial charge in [-0.05, 0) is 35.9 Å². The van der Waals surface area contributed by atoms with Gasteiger partial charge in [0.25, 0.3) is 0 Å². The lowest BCUT2D eigenvalue weighted by molar-refractivity contribution is 0.281. The highest BCUT2D eigenvalue weighted by atomic mass is 35.5. The van der Waals surface area contributed by atoms with E-state index in [4.69, 9.17) is 16.7 Å². The summed E-state index contributed by atoms with van der Waals surface area (Å²) in [6.07, 6.45) is 0. The minimum Gasteiger partial charge on any atom is -0.506 e. The van der Waals surface area contributed by atoms with E-state index in [1.807, 2.05) is 0 Å². The molecule has 0 fully saturated rings. The van der Waals surface area contributed by atoms with Crippen molar-refractivity contribution in [3.05, 3.63) is 47.0 Å². The fraction of sp³-hybridized carbons (Fsp3) is 0.0769. The zero-order valence-corrected chi connectivity index (χ0v) is 10.5. The molecule has 2 aromatic carbocycles. The van der Waals surface area contributed by atoms with Crippen LogP contribution in [0.3, 0.4) is 0 Å². The summed E-state index contributed by atoms with van der Waals surface area (Å²) in [5, 5.41) is 28.1. The van der Waals surface area contributed by atoms with Crippen LogP contribution >= 0.6 is 11.6 Å². The van der Waals surface area contributed by atoms with Crippen molar-refractivity contribution >= 4 is 22.6 Å². The third kappa shape index (κ3) is 2.14. The van der Waals surface area contributed by atoms with E-state index in [1.54, 1.807) is 30.3 Å². The number of halogens is 1. The van der Waals surface area contributed by atoms with Gasteiger partial charge in [-0.15, -0.1) is 15.0 Å². The van der Waals surface area contributed by atoms with Crippen molar-refractivity contribution in [1.82, 2.24) is 15.0 Å². The quantitative estimate of drug-likeness (QED) is 0.753. The number of aliphatic hydroxyl groups is 1. The van der Waals surface area contributed by atoms with Gasteiger partial charge in [0.2, 0.25) is 0 Å². The Hall–Kier alpha value is -2.11. The largest absolute Gasteiger partial charge is 0.506 e. The first-order valence-electron chi connectivity index (χ1n) is 5.63. The molecule has 2 N–H and O–H groups in total. The van der Waals surface area contributed by atoms with Crippen LogP contribution in [0.15, 0.2) is 36.4 Å². The molecule has 0 spiro atoms. The molecule has 0 aliphatic rings. The molecule has 5 nitrogen and oxygen atoms in total. The second-order valence-electron chi connectivity index (χ2n) is 4.10. The number of rotatable bonds is 2. The molecule has 0 bridgehead atoms. The summed E-state index contributed by atoms with van der Waals surface area (Å²) in [5.74, 6) is 0.0450. The Labute approximate surface area is 113 Å². The highest BCUT2D eigenvalue weighted by Crippen LogP contribution is 2.24. The van der Waals surface area contributed by atoms with Crippen LogP contribution in [0, 0.1) is 0 Å². The van der Waals surface area contributed by atoms with Gasteiger partial charge in [-0.2, -0.15) is 0 Å². The minimum atomic E-state index is -0.111. The van der Waals surface area contributed by atoms with E-state index in [2.05, 4.69) is 10.2 Å². The molecule has 0 aliphatic carbocycles. The van der Waals surface area contributed by atoms with Crippen LogP contribution in [0.5, 0.6) is 5.75 Å². The second kappa shape index (κ2) is 4.53. The summed E-state index contributed by atoms with van der Waals surface area (Å²) in [7, 11) is 0. The van der Waals surface area contributed by atoms with Crippen LogP contribution in [-0.2, 0) is 6.61 Å². The number of phenols is 1. The van der Waals surface area contributed by atoms with Crippen molar-refractivity contribution in [2.45, 2.75) is 6.61 Å². The fourth-order valence-electron chi connectivity index (χ4n) is 1.82. The van der Waals surface area contributed by atoms with Crippen LogP contribution in [-0.4, -0.2) is 25.2 Å². The van der Waals surface area contributed by atoms with Gasteiger partial charge in [-0.25, -0.2) is 0 Å². The first-order valence-corrected chi connectivity index (χ1v) is 6.01. The van der Waals surface area contributed by atoms with Gasteiger partial charge < -0.3 is 10.2 Å². The lowest BCUT2D eigenvalue weighted by atomic mass is 10.2. The Kier molecular flexibility index (Phi) is 2.85. The van der Waals surface area contributed by atoms with Crippen LogP contribution in [0.2, 0.25) is 5.02 Å². The maximum absolute atomic E-state index is 9.86. The molecule has 19 heavy (non-hydrogen) atoms. The number of benzene rings is 2. The highest BCUT2D eigenvalue weighted by molar-refractivity contribution is 6.31. The van der Waals surface area contributed by atoms with Gasteiger partial charge in [0, 0.05) is 5.02 Å². The second-order valence-corrected chi connectivity index (χ2v) is 4.54. The summed E-state index contributed by atoms with van der Waals surface area (Å²) in [6.45, 7) is -0.111. The Bertz CT molecular complexity index is 755. The number of hydrogen-bond acceptors (Lipinski definition) is 4. The van der Waals surface area contributed by atoms with E-state index in [1.165, 1.54) is 10.9 Å². The van der Waals surface area contributed by atoms with E-state index in [9.17, 15) is 5.11 Å². The molecule has 0 amide bonds. The van der Waals surface area contributed by atoms with E-state index in [-0.39, 0.29) is 12.4 Å². The average molecular weight is 276 g/mol. The van der Waals surface area contributed by atoms with Gasteiger partial charge >= 0.3 is 0 Å². The number of hydrogen-bond donors (Lipinski definition) is 2. The van der Waals surface area contributed by atoms with Crippen molar-refractivity contribution < 1.29 is 10.2 Å². The normalized spacial score (nSPS) is 11.1.